The zero-order valence-corrected chi connectivity index (χ0v) is 19.6. The fourth-order valence-corrected chi connectivity index (χ4v) is 3.09. The van der Waals surface area contributed by atoms with Gasteiger partial charge in [-0.2, -0.15) is 0 Å². The van der Waals surface area contributed by atoms with E-state index in [9.17, 15) is 8.42 Å². The maximum atomic E-state index is 11.3. The lowest BCUT2D eigenvalue weighted by Gasteiger charge is -2.10. The number of oxazole rings is 1. The monoisotopic (exact) mass is 541 g/mol. The second kappa shape index (κ2) is 11.1. The Morgan fingerprint density at radius 2 is 1.80 bits per heavy atom. The largest absolute Gasteiger partial charge is 0.444 e. The molecule has 2 aromatic carbocycles. The number of nitrogens with two attached hydrogens (primary N) is 1. The summed E-state index contributed by atoms with van der Waals surface area (Å²) in [5, 5.41) is 11.5. The Balaban J connectivity index is 0.00000320. The summed E-state index contributed by atoms with van der Waals surface area (Å²) in [7, 11) is -3.69. The van der Waals surface area contributed by atoms with Crippen molar-refractivity contribution in [1.29, 1.82) is 0 Å². The smallest absolute Gasteiger partial charge is 0.238 e. The van der Waals surface area contributed by atoms with E-state index in [0.717, 1.165) is 16.8 Å². The molecule has 1 heterocycles. The number of guanidine groups is 1. The van der Waals surface area contributed by atoms with E-state index >= 15 is 0 Å². The van der Waals surface area contributed by atoms with Gasteiger partial charge in [-0.15, -0.1) is 24.0 Å². The van der Waals surface area contributed by atoms with Crippen molar-refractivity contribution in [3.05, 3.63) is 72.1 Å². The highest BCUT2D eigenvalue weighted by atomic mass is 127. The molecule has 8 nitrogen and oxygen atoms in total. The average Bonchev–Trinajstić information content (AvgIpc) is 3.19. The normalized spacial score (nSPS) is 11.6. The number of hydrogen-bond donors (Lipinski definition) is 3. The molecule has 0 fully saturated rings. The molecule has 10 heteroatoms. The van der Waals surface area contributed by atoms with Crippen LogP contribution in [0.3, 0.4) is 0 Å². The van der Waals surface area contributed by atoms with Crippen molar-refractivity contribution in [2.24, 2.45) is 10.1 Å². The Kier molecular flexibility index (Phi) is 8.81. The van der Waals surface area contributed by atoms with Gasteiger partial charge in [0, 0.05) is 12.1 Å². The summed E-state index contributed by atoms with van der Waals surface area (Å²) in [6.45, 7) is 3.51. The van der Waals surface area contributed by atoms with Gasteiger partial charge < -0.3 is 15.1 Å². The Morgan fingerprint density at radius 1 is 1.10 bits per heavy atom. The lowest BCUT2D eigenvalue weighted by molar-refractivity contribution is 0.572. The Bertz CT molecular complexity index is 1070. The lowest BCUT2D eigenvalue weighted by Crippen LogP contribution is -2.36. The van der Waals surface area contributed by atoms with Gasteiger partial charge in [0.15, 0.2) is 5.96 Å². The first-order valence-corrected chi connectivity index (χ1v) is 10.6. The van der Waals surface area contributed by atoms with Gasteiger partial charge in [-0.3, -0.25) is 0 Å². The molecule has 30 heavy (non-hydrogen) atoms. The van der Waals surface area contributed by atoms with Crippen LogP contribution in [0.5, 0.6) is 0 Å². The molecule has 0 aliphatic carbocycles. The molecule has 0 saturated carbocycles. The molecule has 0 unspecified atom stereocenters. The summed E-state index contributed by atoms with van der Waals surface area (Å²) < 4.78 is 28.2. The van der Waals surface area contributed by atoms with E-state index in [0.29, 0.717) is 31.5 Å². The second-order valence-corrected chi connectivity index (χ2v) is 7.81. The molecule has 4 N–H and O–H groups in total. The fraction of sp³-hybridized carbons (Fsp3) is 0.200. The van der Waals surface area contributed by atoms with E-state index < -0.39 is 10.0 Å². The third kappa shape index (κ3) is 6.82. The summed E-state index contributed by atoms with van der Waals surface area (Å²) in [4.78, 5) is 9.07. The van der Waals surface area contributed by atoms with Crippen molar-refractivity contribution >= 4 is 40.0 Å². The molecule has 3 aromatic rings. The molecule has 0 aliphatic heterocycles. The van der Waals surface area contributed by atoms with Gasteiger partial charge in [-0.1, -0.05) is 30.3 Å². The van der Waals surface area contributed by atoms with Crippen LogP contribution in [-0.2, 0) is 23.1 Å². The molecular weight excluding hydrogens is 517 g/mol. The van der Waals surface area contributed by atoms with Crippen LogP contribution in [0.25, 0.3) is 11.5 Å². The lowest BCUT2D eigenvalue weighted by atomic mass is 10.2. The van der Waals surface area contributed by atoms with Gasteiger partial charge in [0.25, 0.3) is 0 Å². The minimum absolute atomic E-state index is 0. The molecular formula is C20H24IN5O3S. The Hall–Kier alpha value is -2.44. The van der Waals surface area contributed by atoms with E-state index in [-0.39, 0.29) is 28.9 Å². The molecule has 0 spiro atoms. The molecule has 0 radical (unpaired) electrons. The number of primary sulfonamides is 1. The molecule has 1 aromatic heterocycles. The van der Waals surface area contributed by atoms with E-state index in [2.05, 4.69) is 20.6 Å². The molecule has 0 atom stereocenters. The molecule has 3 rings (SSSR count). The number of nitrogens with one attached hydrogen (secondary N) is 2. The van der Waals surface area contributed by atoms with Crippen molar-refractivity contribution in [2.75, 3.05) is 6.54 Å². The number of rotatable bonds is 7. The van der Waals surface area contributed by atoms with E-state index in [1.165, 1.54) is 12.1 Å². The first kappa shape index (κ1) is 23.8. The maximum absolute atomic E-state index is 11.3. The summed E-state index contributed by atoms with van der Waals surface area (Å²) in [6, 6.07) is 16.0. The maximum Gasteiger partial charge on any atom is 0.238 e. The van der Waals surface area contributed by atoms with Crippen molar-refractivity contribution in [3.63, 3.8) is 0 Å². The van der Waals surface area contributed by atoms with Crippen molar-refractivity contribution < 1.29 is 12.8 Å². The van der Waals surface area contributed by atoms with Crippen LogP contribution in [0, 0.1) is 0 Å². The molecule has 0 bridgehead atoms. The first-order chi connectivity index (χ1) is 14.0. The highest BCUT2D eigenvalue weighted by molar-refractivity contribution is 14.0. The summed E-state index contributed by atoms with van der Waals surface area (Å²) in [5.41, 5.74) is 2.54. The predicted molar refractivity (Wildman–Crippen MR) is 127 cm³/mol. The van der Waals surface area contributed by atoms with Gasteiger partial charge in [0.1, 0.15) is 6.26 Å². The van der Waals surface area contributed by atoms with Crippen molar-refractivity contribution in [2.45, 2.75) is 24.9 Å². The SMILES string of the molecule is CCNC(=NCc1ccc(S(N)(=O)=O)cc1)NCc1coc(-c2ccccc2)n1.I. The molecule has 0 aliphatic rings. The predicted octanol–water partition coefficient (Wildman–Crippen LogP) is 2.86. The number of nitrogens with zero attached hydrogens (tertiary/aromatic N) is 2. The van der Waals surface area contributed by atoms with Gasteiger partial charge in [-0.05, 0) is 36.8 Å². The summed E-state index contributed by atoms with van der Waals surface area (Å²) in [6.07, 6.45) is 1.62. The number of aliphatic imine (C=N–C) groups is 1. The number of sulfonamides is 1. The van der Waals surface area contributed by atoms with Gasteiger partial charge in [0.2, 0.25) is 15.9 Å². The summed E-state index contributed by atoms with van der Waals surface area (Å²) >= 11 is 0. The van der Waals surface area contributed by atoms with Crippen LogP contribution in [0.2, 0.25) is 0 Å². The van der Waals surface area contributed by atoms with Crippen LogP contribution < -0.4 is 15.8 Å². The quantitative estimate of drug-likeness (QED) is 0.240. The van der Waals surface area contributed by atoms with Crippen molar-refractivity contribution in [1.82, 2.24) is 15.6 Å². The first-order valence-electron chi connectivity index (χ1n) is 9.09. The minimum atomic E-state index is -3.69. The van der Waals surface area contributed by atoms with Crippen LogP contribution in [0.1, 0.15) is 18.2 Å². The molecule has 0 amide bonds. The van der Waals surface area contributed by atoms with Crippen LogP contribution >= 0.6 is 24.0 Å². The highest BCUT2D eigenvalue weighted by Gasteiger charge is 2.08. The highest BCUT2D eigenvalue weighted by Crippen LogP contribution is 2.17. The van der Waals surface area contributed by atoms with Gasteiger partial charge in [-0.25, -0.2) is 23.5 Å². The number of halogens is 1. The topological polar surface area (TPSA) is 123 Å². The second-order valence-electron chi connectivity index (χ2n) is 6.25. The van der Waals surface area contributed by atoms with Gasteiger partial charge in [0.05, 0.1) is 23.7 Å². The molecule has 0 saturated heterocycles. The van der Waals surface area contributed by atoms with Gasteiger partial charge >= 0.3 is 0 Å². The van der Waals surface area contributed by atoms with Crippen molar-refractivity contribution in [3.8, 4) is 11.5 Å². The standard InChI is InChI=1S/C20H23N5O3S.HI/c1-2-22-20(23-12-15-8-10-18(11-9-15)29(21,26)27)24-13-17-14-28-19(25-17)16-6-4-3-5-7-16;/h3-11,14H,2,12-13H2,1H3,(H2,21,26,27)(H2,22,23,24);1H. The zero-order valence-electron chi connectivity index (χ0n) is 16.4. The van der Waals surface area contributed by atoms with E-state index in [1.54, 1.807) is 18.4 Å². The third-order valence-corrected chi connectivity index (χ3v) is 4.95. The van der Waals surface area contributed by atoms with Crippen LogP contribution in [-0.4, -0.2) is 25.9 Å². The summed E-state index contributed by atoms with van der Waals surface area (Å²) in [5.74, 6) is 1.19. The number of aromatic nitrogens is 1. The van der Waals surface area contributed by atoms with Crippen LogP contribution in [0.15, 0.2) is 75.2 Å². The van der Waals surface area contributed by atoms with E-state index in [1.807, 2.05) is 37.3 Å². The third-order valence-electron chi connectivity index (χ3n) is 4.03. The fourth-order valence-electron chi connectivity index (χ4n) is 2.57. The minimum Gasteiger partial charge on any atom is -0.444 e. The van der Waals surface area contributed by atoms with Crippen LogP contribution in [0.4, 0.5) is 0 Å². The number of benzene rings is 2. The average molecular weight is 541 g/mol. The Labute approximate surface area is 193 Å². The zero-order chi connectivity index (χ0) is 20.7. The molecule has 160 valence electrons. The Morgan fingerprint density at radius 3 is 2.43 bits per heavy atom. The number of hydrogen-bond acceptors (Lipinski definition) is 5. The van der Waals surface area contributed by atoms with E-state index in [4.69, 9.17) is 9.56 Å².